The Kier molecular flexibility index (Phi) is 6.11. The second-order valence-corrected chi connectivity index (χ2v) is 7.14. The fourth-order valence-corrected chi connectivity index (χ4v) is 3.42. The van der Waals surface area contributed by atoms with E-state index in [1.807, 2.05) is 6.07 Å². The molecule has 1 N–H and O–H groups in total. The molecule has 0 aliphatic rings. The molecular weight excluding hydrogens is 434 g/mol. The maximum Gasteiger partial charge on any atom is 0.343 e. The first-order valence-corrected chi connectivity index (χ1v) is 10.1. The van der Waals surface area contributed by atoms with Crippen LogP contribution in [0.3, 0.4) is 0 Å². The molecule has 0 aliphatic heterocycles. The van der Waals surface area contributed by atoms with Crippen molar-refractivity contribution >= 4 is 23.2 Å². The molecule has 0 fully saturated rings. The number of carbonyl (C=O) groups excluding carboxylic acids is 2. The zero-order valence-electron chi connectivity index (χ0n) is 17.8. The largest absolute Gasteiger partial charge is 0.462 e. The van der Waals surface area contributed by atoms with Crippen LogP contribution in [0.15, 0.2) is 48.8 Å². The predicted molar refractivity (Wildman–Crippen MR) is 115 cm³/mol. The number of aromatic nitrogens is 5. The molecule has 3 aromatic heterocycles. The lowest BCUT2D eigenvalue weighted by molar-refractivity contribution is -0.117. The van der Waals surface area contributed by atoms with Crippen LogP contribution in [0.4, 0.5) is 14.5 Å². The highest BCUT2D eigenvalue weighted by atomic mass is 19.3. The lowest BCUT2D eigenvalue weighted by Crippen LogP contribution is -2.21. The average Bonchev–Trinajstić information content (AvgIpc) is 3.37. The van der Waals surface area contributed by atoms with Crippen molar-refractivity contribution in [2.75, 3.05) is 11.9 Å². The van der Waals surface area contributed by atoms with Gasteiger partial charge in [0.1, 0.15) is 17.8 Å². The van der Waals surface area contributed by atoms with Gasteiger partial charge in [0.05, 0.1) is 24.2 Å². The molecule has 4 aromatic rings. The van der Waals surface area contributed by atoms with Crippen LogP contribution in [-0.4, -0.2) is 42.9 Å². The third kappa shape index (κ3) is 4.56. The molecular formula is C22H20F2N6O3. The maximum atomic E-state index is 13.1. The number of nitrogens with one attached hydrogen (secondary N) is 1. The second-order valence-electron chi connectivity index (χ2n) is 7.14. The van der Waals surface area contributed by atoms with E-state index in [4.69, 9.17) is 4.74 Å². The molecule has 11 heteroatoms. The fraction of sp³-hybridized carbons (Fsp3) is 0.227. The highest BCUT2D eigenvalue weighted by molar-refractivity contribution is 5.96. The second kappa shape index (κ2) is 9.15. The molecule has 4 rings (SSSR count). The Balaban J connectivity index is 1.58. The molecule has 3 heterocycles. The number of esters is 1. The minimum absolute atomic E-state index is 0.231. The van der Waals surface area contributed by atoms with E-state index in [0.29, 0.717) is 28.3 Å². The summed E-state index contributed by atoms with van der Waals surface area (Å²) in [5, 5.41) is 10.9. The van der Waals surface area contributed by atoms with Crippen LogP contribution >= 0.6 is 0 Å². The number of aryl methyl sites for hydroxylation is 1. The number of hydrogen-bond acceptors (Lipinski definition) is 6. The SMILES string of the molecule is CCOC(=O)c1cnn2c(-c3cccc(NC(=O)Cn4nc(C)cc4C(F)F)c3)ccnc12. The molecule has 0 bridgehead atoms. The summed E-state index contributed by atoms with van der Waals surface area (Å²) < 4.78 is 33.8. The highest BCUT2D eigenvalue weighted by Crippen LogP contribution is 2.24. The Morgan fingerprint density at radius 3 is 2.79 bits per heavy atom. The van der Waals surface area contributed by atoms with Crippen LogP contribution in [0.5, 0.6) is 0 Å². The van der Waals surface area contributed by atoms with Gasteiger partial charge in [0.15, 0.2) is 5.65 Å². The van der Waals surface area contributed by atoms with E-state index in [-0.39, 0.29) is 24.4 Å². The van der Waals surface area contributed by atoms with Gasteiger partial charge in [-0.1, -0.05) is 12.1 Å². The zero-order chi connectivity index (χ0) is 23.5. The lowest BCUT2D eigenvalue weighted by atomic mass is 10.1. The predicted octanol–water partition coefficient (Wildman–Crippen LogP) is 3.65. The van der Waals surface area contributed by atoms with Gasteiger partial charge in [-0.2, -0.15) is 10.2 Å². The highest BCUT2D eigenvalue weighted by Gasteiger charge is 2.19. The number of carbonyl (C=O) groups is 2. The van der Waals surface area contributed by atoms with E-state index in [1.54, 1.807) is 44.3 Å². The van der Waals surface area contributed by atoms with Crippen molar-refractivity contribution in [3.05, 3.63) is 65.7 Å². The molecule has 0 saturated carbocycles. The summed E-state index contributed by atoms with van der Waals surface area (Å²) in [5.74, 6) is -1.02. The molecule has 0 unspecified atom stereocenters. The normalized spacial score (nSPS) is 11.2. The number of halogens is 2. The van der Waals surface area contributed by atoms with Crippen molar-refractivity contribution in [3.8, 4) is 11.3 Å². The van der Waals surface area contributed by atoms with Gasteiger partial charge in [-0.15, -0.1) is 0 Å². The van der Waals surface area contributed by atoms with Gasteiger partial charge in [-0.05, 0) is 38.1 Å². The Bertz CT molecular complexity index is 1330. The van der Waals surface area contributed by atoms with Crippen LogP contribution < -0.4 is 5.32 Å². The van der Waals surface area contributed by atoms with Gasteiger partial charge in [-0.25, -0.2) is 23.1 Å². The molecule has 1 amide bonds. The van der Waals surface area contributed by atoms with Crippen molar-refractivity contribution in [2.24, 2.45) is 0 Å². The Hall–Kier alpha value is -4.15. The van der Waals surface area contributed by atoms with Crippen molar-refractivity contribution < 1.29 is 23.1 Å². The summed E-state index contributed by atoms with van der Waals surface area (Å²) in [5.41, 5.74) is 2.47. The molecule has 0 atom stereocenters. The van der Waals surface area contributed by atoms with Crippen molar-refractivity contribution in [1.29, 1.82) is 0 Å². The first kappa shape index (κ1) is 22.1. The van der Waals surface area contributed by atoms with E-state index in [9.17, 15) is 18.4 Å². The van der Waals surface area contributed by atoms with Gasteiger partial charge in [0.2, 0.25) is 5.91 Å². The number of ether oxygens (including phenoxy) is 1. The topological polar surface area (TPSA) is 103 Å². The summed E-state index contributed by atoms with van der Waals surface area (Å²) in [4.78, 5) is 28.8. The first-order chi connectivity index (χ1) is 15.9. The molecule has 0 aliphatic carbocycles. The Labute approximate surface area is 187 Å². The van der Waals surface area contributed by atoms with Crippen LogP contribution in [0.1, 0.15) is 35.1 Å². The smallest absolute Gasteiger partial charge is 0.343 e. The maximum absolute atomic E-state index is 13.1. The molecule has 0 spiro atoms. The van der Waals surface area contributed by atoms with Gasteiger partial charge in [-0.3, -0.25) is 9.48 Å². The lowest BCUT2D eigenvalue weighted by Gasteiger charge is -2.10. The van der Waals surface area contributed by atoms with Gasteiger partial charge >= 0.3 is 5.97 Å². The molecule has 9 nitrogen and oxygen atoms in total. The van der Waals surface area contributed by atoms with E-state index in [0.717, 1.165) is 4.68 Å². The van der Waals surface area contributed by atoms with Crippen LogP contribution in [0.2, 0.25) is 0 Å². The Morgan fingerprint density at radius 2 is 2.03 bits per heavy atom. The third-order valence-electron chi connectivity index (χ3n) is 4.79. The molecule has 33 heavy (non-hydrogen) atoms. The van der Waals surface area contributed by atoms with E-state index < -0.39 is 18.3 Å². The summed E-state index contributed by atoms with van der Waals surface area (Å²) >= 11 is 0. The zero-order valence-corrected chi connectivity index (χ0v) is 17.8. The summed E-state index contributed by atoms with van der Waals surface area (Å²) in [6, 6.07) is 9.90. The number of rotatable bonds is 7. The van der Waals surface area contributed by atoms with Gasteiger partial charge < -0.3 is 10.1 Å². The number of anilines is 1. The standard InChI is InChI=1S/C22H20F2N6O3/c1-3-33-22(32)16-11-26-30-17(7-8-25-21(16)30)14-5-4-6-15(10-14)27-19(31)12-29-18(20(23)24)9-13(2)28-29/h4-11,20H,3,12H2,1-2H3,(H,27,31). The number of amides is 1. The van der Waals surface area contributed by atoms with Gasteiger partial charge in [0, 0.05) is 17.4 Å². The van der Waals surface area contributed by atoms with E-state index in [2.05, 4.69) is 20.5 Å². The molecule has 170 valence electrons. The number of fused-ring (bicyclic) bond motifs is 1. The third-order valence-corrected chi connectivity index (χ3v) is 4.79. The molecule has 0 saturated heterocycles. The quantitative estimate of drug-likeness (QED) is 0.428. The average molecular weight is 454 g/mol. The van der Waals surface area contributed by atoms with Crippen molar-refractivity contribution in [2.45, 2.75) is 26.8 Å². The first-order valence-electron chi connectivity index (χ1n) is 10.1. The Morgan fingerprint density at radius 1 is 1.21 bits per heavy atom. The summed E-state index contributed by atoms with van der Waals surface area (Å²) in [7, 11) is 0. The number of alkyl halides is 2. The summed E-state index contributed by atoms with van der Waals surface area (Å²) in [6.07, 6.45) is 0.207. The molecule has 1 aromatic carbocycles. The van der Waals surface area contributed by atoms with Crippen molar-refractivity contribution in [3.63, 3.8) is 0 Å². The van der Waals surface area contributed by atoms with E-state index >= 15 is 0 Å². The number of hydrogen-bond donors (Lipinski definition) is 1. The number of benzene rings is 1. The molecule has 0 radical (unpaired) electrons. The number of nitrogens with zero attached hydrogens (tertiary/aromatic N) is 5. The minimum atomic E-state index is -2.73. The minimum Gasteiger partial charge on any atom is -0.462 e. The van der Waals surface area contributed by atoms with E-state index in [1.165, 1.54) is 16.8 Å². The van der Waals surface area contributed by atoms with Crippen LogP contribution in [0, 0.1) is 6.92 Å². The van der Waals surface area contributed by atoms with Gasteiger partial charge in [0.25, 0.3) is 6.43 Å². The van der Waals surface area contributed by atoms with Crippen LogP contribution in [0.25, 0.3) is 16.9 Å². The van der Waals surface area contributed by atoms with Crippen molar-refractivity contribution in [1.82, 2.24) is 24.4 Å². The van der Waals surface area contributed by atoms with Crippen LogP contribution in [-0.2, 0) is 16.1 Å². The monoisotopic (exact) mass is 454 g/mol. The fourth-order valence-electron chi connectivity index (χ4n) is 3.42. The summed E-state index contributed by atoms with van der Waals surface area (Å²) in [6.45, 7) is 3.18.